The maximum Gasteiger partial charge on any atom is 0.335 e. The zero-order valence-electron chi connectivity index (χ0n) is 22.9. The molecular weight excluding hydrogens is 544 g/mol. The summed E-state index contributed by atoms with van der Waals surface area (Å²) < 4.78 is 16.4. The van der Waals surface area contributed by atoms with Crippen LogP contribution in [0.5, 0.6) is 5.75 Å². The van der Waals surface area contributed by atoms with Gasteiger partial charge in [-0.1, -0.05) is 12.1 Å². The Balaban J connectivity index is 1.68. The molecule has 1 aromatic rings. The normalized spacial score (nSPS) is 26.1. The van der Waals surface area contributed by atoms with Crippen LogP contribution in [0.15, 0.2) is 30.4 Å². The Kier molecular flexibility index (Phi) is 10.4. The first-order chi connectivity index (χ1) is 19.2. The van der Waals surface area contributed by atoms with E-state index in [0.29, 0.717) is 24.0 Å². The number of aryl methyl sites for hydroxylation is 1. The number of aliphatic hydroxyl groups is 4. The second kappa shape index (κ2) is 13.4. The van der Waals surface area contributed by atoms with Crippen molar-refractivity contribution < 1.29 is 58.9 Å². The molecule has 1 saturated heterocycles. The number of amides is 2. The summed E-state index contributed by atoms with van der Waals surface area (Å²) in [6.45, 7) is 4.79. The molecule has 2 aliphatic heterocycles. The van der Waals surface area contributed by atoms with Gasteiger partial charge in [0.1, 0.15) is 43.4 Å². The summed E-state index contributed by atoms with van der Waals surface area (Å²) >= 11 is 0. The van der Waals surface area contributed by atoms with Crippen molar-refractivity contribution in [2.75, 3.05) is 13.1 Å². The van der Waals surface area contributed by atoms with Gasteiger partial charge >= 0.3 is 11.9 Å². The summed E-state index contributed by atoms with van der Waals surface area (Å²) in [6, 6.07) is 4.91. The molecule has 14 heteroatoms. The zero-order valence-corrected chi connectivity index (χ0v) is 22.9. The summed E-state index contributed by atoms with van der Waals surface area (Å²) in [7, 11) is 0. The van der Waals surface area contributed by atoms with Crippen LogP contribution >= 0.6 is 0 Å². The highest BCUT2D eigenvalue weighted by Gasteiger charge is 2.48. The van der Waals surface area contributed by atoms with Crippen molar-refractivity contribution in [1.82, 2.24) is 10.2 Å². The van der Waals surface area contributed by atoms with Gasteiger partial charge in [0.25, 0.3) is 0 Å². The molecule has 41 heavy (non-hydrogen) atoms. The molecule has 6 atom stereocenters. The second-order valence-electron chi connectivity index (χ2n) is 10.8. The number of hydrogen-bond acceptors (Lipinski definition) is 11. The van der Waals surface area contributed by atoms with E-state index in [2.05, 4.69) is 5.32 Å². The maximum absolute atomic E-state index is 12.3. The fraction of sp³-hybridized carbons (Fsp3) is 0.556. The maximum atomic E-state index is 12.3. The monoisotopic (exact) mass is 580 g/mol. The number of carbonyl (C=O) groups excluding carboxylic acids is 3. The third-order valence-corrected chi connectivity index (χ3v) is 6.45. The van der Waals surface area contributed by atoms with Crippen molar-refractivity contribution >= 4 is 23.8 Å². The molecule has 2 amide bonds. The van der Waals surface area contributed by atoms with Gasteiger partial charge in [-0.05, 0) is 51.3 Å². The lowest BCUT2D eigenvalue weighted by Gasteiger charge is -2.38. The lowest BCUT2D eigenvalue weighted by molar-refractivity contribution is -0.271. The smallest absolute Gasteiger partial charge is 0.335 e. The number of ether oxygens (including phenoxy) is 3. The minimum atomic E-state index is -1.89. The molecule has 226 valence electrons. The number of carbonyl (C=O) groups is 4. The molecule has 2 aliphatic rings. The minimum absolute atomic E-state index is 0.0825. The number of hydrogen-bond donors (Lipinski definition) is 6. The Morgan fingerprint density at radius 2 is 1.78 bits per heavy atom. The van der Waals surface area contributed by atoms with E-state index < -0.39 is 66.1 Å². The van der Waals surface area contributed by atoms with Gasteiger partial charge in [0.05, 0.1) is 5.41 Å². The van der Waals surface area contributed by atoms with Crippen LogP contribution in [0.25, 0.3) is 0 Å². The van der Waals surface area contributed by atoms with E-state index in [-0.39, 0.29) is 25.4 Å². The molecule has 0 spiro atoms. The Labute approximate surface area is 236 Å². The van der Waals surface area contributed by atoms with Gasteiger partial charge in [0.2, 0.25) is 18.1 Å². The first-order valence-corrected chi connectivity index (χ1v) is 13.0. The van der Waals surface area contributed by atoms with E-state index in [0.717, 1.165) is 4.90 Å². The van der Waals surface area contributed by atoms with Gasteiger partial charge < -0.3 is 50.0 Å². The molecular formula is C27H36N2O12. The van der Waals surface area contributed by atoms with Gasteiger partial charge in [0.15, 0.2) is 6.10 Å². The number of aliphatic carboxylic acids is 1. The van der Waals surface area contributed by atoms with Crippen LogP contribution in [0.4, 0.5) is 0 Å². The van der Waals surface area contributed by atoms with Crippen molar-refractivity contribution in [2.45, 2.75) is 77.2 Å². The quantitative estimate of drug-likeness (QED) is 0.135. The third-order valence-electron chi connectivity index (χ3n) is 6.45. The predicted molar refractivity (Wildman–Crippen MR) is 139 cm³/mol. The van der Waals surface area contributed by atoms with Crippen molar-refractivity contribution in [3.63, 3.8) is 0 Å². The average Bonchev–Trinajstić information content (AvgIpc) is 3.21. The standard InChI is InChI=1S/C27H36N2O12/c1-27(2,3)26(38)39-13-15-7-6-14(5-4-10-28-17(30)12-29-18(31)8-9-19(29)32)11-16(15)40-25-22(35)20(33)21(34)23(41-25)24(36)37/h6-9,11,18,20-23,25,31,33-35H,4-5,10,12-13H2,1-3H3,(H,28,30)(H,36,37)/t18?,20-,21-,22+,23-,25+/m0/s1. The highest BCUT2D eigenvalue weighted by molar-refractivity contribution is 5.93. The van der Waals surface area contributed by atoms with Crippen molar-refractivity contribution in [2.24, 2.45) is 5.41 Å². The second-order valence-corrected chi connectivity index (χ2v) is 10.8. The number of nitrogens with zero attached hydrogens (tertiary/aromatic N) is 1. The van der Waals surface area contributed by atoms with E-state index in [4.69, 9.17) is 14.2 Å². The van der Waals surface area contributed by atoms with Crippen LogP contribution in [0.2, 0.25) is 0 Å². The van der Waals surface area contributed by atoms with E-state index in [1.807, 2.05) is 0 Å². The predicted octanol–water partition coefficient (Wildman–Crippen LogP) is -1.19. The topological polar surface area (TPSA) is 212 Å². The van der Waals surface area contributed by atoms with Crippen molar-refractivity contribution in [3.8, 4) is 5.75 Å². The first-order valence-electron chi connectivity index (χ1n) is 13.0. The number of carboxylic acid groups (broad SMARTS) is 1. The van der Waals surface area contributed by atoms with Gasteiger partial charge in [-0.25, -0.2) is 4.79 Å². The van der Waals surface area contributed by atoms with Crippen LogP contribution in [0.3, 0.4) is 0 Å². The summed E-state index contributed by atoms with van der Waals surface area (Å²) in [5, 5.41) is 52.2. The van der Waals surface area contributed by atoms with E-state index >= 15 is 0 Å². The molecule has 6 N–H and O–H groups in total. The molecule has 0 radical (unpaired) electrons. The van der Waals surface area contributed by atoms with Crippen LogP contribution in [0, 0.1) is 5.41 Å². The largest absolute Gasteiger partial charge is 0.479 e. The highest BCUT2D eigenvalue weighted by Crippen LogP contribution is 2.29. The summed E-state index contributed by atoms with van der Waals surface area (Å²) in [4.78, 5) is 48.6. The van der Waals surface area contributed by atoms with E-state index in [9.17, 15) is 44.7 Å². The van der Waals surface area contributed by atoms with Crippen LogP contribution < -0.4 is 10.1 Å². The van der Waals surface area contributed by atoms with Crippen molar-refractivity contribution in [3.05, 3.63) is 41.5 Å². The van der Waals surface area contributed by atoms with Crippen molar-refractivity contribution in [1.29, 1.82) is 0 Å². The van der Waals surface area contributed by atoms with Crippen LogP contribution in [-0.2, 0) is 41.7 Å². The molecule has 1 aromatic carbocycles. The lowest BCUT2D eigenvalue weighted by Crippen LogP contribution is -2.61. The van der Waals surface area contributed by atoms with E-state index in [1.54, 1.807) is 39.0 Å². The number of carboxylic acids is 1. The lowest BCUT2D eigenvalue weighted by atomic mass is 9.97. The molecule has 14 nitrogen and oxygen atoms in total. The molecule has 0 aromatic heterocycles. The molecule has 0 aliphatic carbocycles. The Bertz CT molecular complexity index is 1160. The zero-order chi connectivity index (χ0) is 30.5. The number of rotatable bonds is 11. The molecule has 1 unspecified atom stereocenters. The molecule has 1 fully saturated rings. The molecule has 2 heterocycles. The fourth-order valence-electron chi connectivity index (χ4n) is 4.02. The number of benzene rings is 1. The average molecular weight is 581 g/mol. The van der Waals surface area contributed by atoms with E-state index in [1.165, 1.54) is 12.2 Å². The Hall–Kier alpha value is -3.56. The summed E-state index contributed by atoms with van der Waals surface area (Å²) in [5.74, 6) is -2.87. The Morgan fingerprint density at radius 3 is 2.39 bits per heavy atom. The molecule has 0 bridgehead atoms. The fourth-order valence-corrected chi connectivity index (χ4v) is 4.02. The number of aliphatic hydroxyl groups excluding tert-OH is 4. The Morgan fingerprint density at radius 1 is 1.07 bits per heavy atom. The van der Waals surface area contributed by atoms with Gasteiger partial charge in [-0.2, -0.15) is 0 Å². The van der Waals surface area contributed by atoms with Gasteiger partial charge in [-0.15, -0.1) is 0 Å². The van der Waals surface area contributed by atoms with Gasteiger partial charge in [-0.3, -0.25) is 14.4 Å². The molecule has 0 saturated carbocycles. The van der Waals surface area contributed by atoms with Crippen LogP contribution in [0.1, 0.15) is 38.3 Å². The van der Waals surface area contributed by atoms with Crippen LogP contribution in [-0.4, -0.2) is 104 Å². The third kappa shape index (κ3) is 8.24. The summed E-state index contributed by atoms with van der Waals surface area (Å²) in [5.41, 5.74) is 0.292. The minimum Gasteiger partial charge on any atom is -0.479 e. The molecule has 3 rings (SSSR count). The SMILES string of the molecule is CC(C)(C)C(=O)OCc1ccc(CCCNC(=O)CN2C(=O)C=CC2O)cc1O[C@@H]1O[C@H](C(=O)O)[C@@H](O)[C@H](O)[C@H]1O. The highest BCUT2D eigenvalue weighted by atomic mass is 16.7. The number of nitrogens with one attached hydrogen (secondary N) is 1. The number of esters is 1. The van der Waals surface area contributed by atoms with Gasteiger partial charge in [0, 0.05) is 18.2 Å². The first kappa shape index (κ1) is 32.0. The summed E-state index contributed by atoms with van der Waals surface area (Å²) in [6.07, 6.45) is -6.85.